The zero-order valence-electron chi connectivity index (χ0n) is 9.41. The average Bonchev–Trinajstić information content (AvgIpc) is 2.66. The molecule has 0 radical (unpaired) electrons. The predicted octanol–water partition coefficient (Wildman–Crippen LogP) is 2.67. The molecular formula is C13H12O4. The summed E-state index contributed by atoms with van der Waals surface area (Å²) < 4.78 is 5.64. The Morgan fingerprint density at radius 2 is 2.06 bits per heavy atom. The van der Waals surface area contributed by atoms with Gasteiger partial charge in [-0.3, -0.25) is 4.79 Å². The molecule has 0 fully saturated rings. The Morgan fingerprint density at radius 3 is 2.82 bits per heavy atom. The molecule has 3 rings (SSSR count). The SMILES string of the molecule is Cc1c(O)c(O)cc2c3c(oc12)CCCC3=O. The van der Waals surface area contributed by atoms with Crippen molar-refractivity contribution < 1.29 is 19.4 Å². The first-order valence-corrected chi connectivity index (χ1v) is 5.59. The van der Waals surface area contributed by atoms with Gasteiger partial charge in [0.05, 0.1) is 5.56 Å². The molecule has 0 saturated heterocycles. The maximum absolute atomic E-state index is 11.9. The molecular weight excluding hydrogens is 220 g/mol. The summed E-state index contributed by atoms with van der Waals surface area (Å²) in [4.78, 5) is 11.9. The van der Waals surface area contributed by atoms with E-state index in [0.717, 1.165) is 12.8 Å². The van der Waals surface area contributed by atoms with E-state index in [1.807, 2.05) is 0 Å². The Hall–Kier alpha value is -1.97. The molecule has 88 valence electrons. The van der Waals surface area contributed by atoms with Crippen molar-refractivity contribution in [3.8, 4) is 11.5 Å². The van der Waals surface area contributed by atoms with Crippen LogP contribution < -0.4 is 0 Å². The number of carbonyl (C=O) groups is 1. The summed E-state index contributed by atoms with van der Waals surface area (Å²) in [5.41, 5.74) is 1.55. The van der Waals surface area contributed by atoms with Gasteiger partial charge >= 0.3 is 0 Å². The van der Waals surface area contributed by atoms with Gasteiger partial charge in [0.1, 0.15) is 11.3 Å². The highest BCUT2D eigenvalue weighted by molar-refractivity contribution is 6.10. The fourth-order valence-corrected chi connectivity index (χ4v) is 2.43. The maximum atomic E-state index is 11.9. The number of benzene rings is 1. The van der Waals surface area contributed by atoms with Crippen molar-refractivity contribution in [3.63, 3.8) is 0 Å². The molecule has 0 spiro atoms. The number of aryl methyl sites for hydroxylation is 2. The summed E-state index contributed by atoms with van der Waals surface area (Å²) in [5.74, 6) is 0.326. The van der Waals surface area contributed by atoms with Crippen LogP contribution in [-0.2, 0) is 6.42 Å². The number of aromatic hydroxyl groups is 2. The first kappa shape index (κ1) is 10.2. The lowest BCUT2D eigenvalue weighted by atomic mass is 9.94. The molecule has 2 N–H and O–H groups in total. The summed E-state index contributed by atoms with van der Waals surface area (Å²) in [7, 11) is 0. The Bertz CT molecular complexity index is 637. The largest absolute Gasteiger partial charge is 0.504 e. The van der Waals surface area contributed by atoms with E-state index in [1.165, 1.54) is 6.07 Å². The van der Waals surface area contributed by atoms with E-state index in [9.17, 15) is 15.0 Å². The average molecular weight is 232 g/mol. The van der Waals surface area contributed by atoms with E-state index in [0.29, 0.717) is 34.3 Å². The van der Waals surface area contributed by atoms with Crippen molar-refractivity contribution in [3.05, 3.63) is 23.0 Å². The summed E-state index contributed by atoms with van der Waals surface area (Å²) in [6.45, 7) is 1.66. The zero-order valence-corrected chi connectivity index (χ0v) is 9.41. The van der Waals surface area contributed by atoms with Crippen molar-refractivity contribution in [2.75, 3.05) is 0 Å². The molecule has 0 aliphatic heterocycles. The minimum Gasteiger partial charge on any atom is -0.504 e. The number of fused-ring (bicyclic) bond motifs is 3. The third kappa shape index (κ3) is 1.27. The molecule has 1 aromatic heterocycles. The number of hydrogen-bond donors (Lipinski definition) is 2. The van der Waals surface area contributed by atoms with Crippen LogP contribution in [0.1, 0.15) is 34.5 Å². The molecule has 17 heavy (non-hydrogen) atoms. The fraction of sp³-hybridized carbons (Fsp3) is 0.308. The minimum atomic E-state index is -0.211. The second kappa shape index (κ2) is 3.26. The van der Waals surface area contributed by atoms with E-state index >= 15 is 0 Å². The normalized spacial score (nSPS) is 15.2. The molecule has 2 aromatic rings. The van der Waals surface area contributed by atoms with Gasteiger partial charge in [-0.15, -0.1) is 0 Å². The van der Waals surface area contributed by atoms with Crippen LogP contribution in [0.5, 0.6) is 11.5 Å². The second-order valence-corrected chi connectivity index (χ2v) is 4.42. The first-order valence-electron chi connectivity index (χ1n) is 5.59. The highest BCUT2D eigenvalue weighted by atomic mass is 16.3. The highest BCUT2D eigenvalue weighted by Gasteiger charge is 2.26. The van der Waals surface area contributed by atoms with Crippen molar-refractivity contribution in [2.45, 2.75) is 26.2 Å². The Morgan fingerprint density at radius 1 is 1.29 bits per heavy atom. The zero-order chi connectivity index (χ0) is 12.2. The summed E-state index contributed by atoms with van der Waals surface area (Å²) in [5, 5.41) is 19.8. The molecule has 1 aliphatic rings. The van der Waals surface area contributed by atoms with Crippen LogP contribution in [0.3, 0.4) is 0 Å². The quantitative estimate of drug-likeness (QED) is 0.685. The monoisotopic (exact) mass is 232 g/mol. The number of carbonyl (C=O) groups excluding carboxylic acids is 1. The van der Waals surface area contributed by atoms with Gasteiger partial charge in [0.25, 0.3) is 0 Å². The number of hydrogen-bond acceptors (Lipinski definition) is 4. The Balaban J connectivity index is 2.44. The van der Waals surface area contributed by atoms with Crippen LogP contribution in [-0.4, -0.2) is 16.0 Å². The van der Waals surface area contributed by atoms with Gasteiger partial charge < -0.3 is 14.6 Å². The number of Topliss-reactive ketones (excluding diaryl/α,β-unsaturated/α-hetero) is 1. The standard InChI is InChI=1S/C13H12O4/c1-6-12(16)9(15)5-7-11-8(14)3-2-4-10(11)17-13(6)7/h5,15-16H,2-4H2,1H3. The van der Waals surface area contributed by atoms with Crippen molar-refractivity contribution in [2.24, 2.45) is 0 Å². The second-order valence-electron chi connectivity index (χ2n) is 4.42. The molecule has 1 heterocycles. The molecule has 4 nitrogen and oxygen atoms in total. The van der Waals surface area contributed by atoms with Crippen molar-refractivity contribution >= 4 is 16.8 Å². The van der Waals surface area contributed by atoms with E-state index in [-0.39, 0.29) is 17.3 Å². The van der Waals surface area contributed by atoms with Crippen LogP contribution >= 0.6 is 0 Å². The van der Waals surface area contributed by atoms with E-state index in [2.05, 4.69) is 0 Å². The van der Waals surface area contributed by atoms with Gasteiger partial charge in [0, 0.05) is 23.8 Å². The number of furan rings is 1. The summed E-state index contributed by atoms with van der Waals surface area (Å²) in [6.07, 6.45) is 2.04. The van der Waals surface area contributed by atoms with Gasteiger partial charge in [0.15, 0.2) is 17.3 Å². The topological polar surface area (TPSA) is 70.7 Å². The first-order chi connectivity index (χ1) is 8.09. The van der Waals surface area contributed by atoms with Crippen molar-refractivity contribution in [1.29, 1.82) is 0 Å². The fourth-order valence-electron chi connectivity index (χ4n) is 2.43. The number of phenols is 2. The number of ketones is 1. The summed E-state index contributed by atoms with van der Waals surface area (Å²) in [6, 6.07) is 1.41. The maximum Gasteiger partial charge on any atom is 0.167 e. The molecule has 0 amide bonds. The Labute approximate surface area is 97.5 Å². The lowest BCUT2D eigenvalue weighted by Crippen LogP contribution is -2.08. The lowest BCUT2D eigenvalue weighted by molar-refractivity contribution is 0.0971. The van der Waals surface area contributed by atoms with Crippen LogP contribution in [0.4, 0.5) is 0 Å². The number of rotatable bonds is 0. The molecule has 0 bridgehead atoms. The van der Waals surface area contributed by atoms with Crippen LogP contribution in [0.15, 0.2) is 10.5 Å². The van der Waals surface area contributed by atoms with Gasteiger partial charge in [-0.2, -0.15) is 0 Å². The molecule has 0 unspecified atom stereocenters. The van der Waals surface area contributed by atoms with E-state index in [1.54, 1.807) is 6.92 Å². The van der Waals surface area contributed by atoms with Crippen LogP contribution in [0.25, 0.3) is 11.0 Å². The van der Waals surface area contributed by atoms with Gasteiger partial charge in [0.2, 0.25) is 0 Å². The van der Waals surface area contributed by atoms with E-state index < -0.39 is 0 Å². The van der Waals surface area contributed by atoms with E-state index in [4.69, 9.17) is 4.42 Å². The summed E-state index contributed by atoms with van der Waals surface area (Å²) >= 11 is 0. The Kier molecular flexibility index (Phi) is 1.96. The smallest absolute Gasteiger partial charge is 0.167 e. The molecule has 0 atom stereocenters. The lowest BCUT2D eigenvalue weighted by Gasteiger charge is -2.07. The third-order valence-corrected chi connectivity index (χ3v) is 3.32. The molecule has 4 heteroatoms. The third-order valence-electron chi connectivity index (χ3n) is 3.32. The van der Waals surface area contributed by atoms with Gasteiger partial charge in [-0.05, 0) is 19.4 Å². The highest BCUT2D eigenvalue weighted by Crippen LogP contribution is 2.40. The molecule has 1 aliphatic carbocycles. The number of phenolic OH excluding ortho intramolecular Hbond substituents is 2. The molecule has 0 saturated carbocycles. The predicted molar refractivity (Wildman–Crippen MR) is 61.5 cm³/mol. The van der Waals surface area contributed by atoms with Crippen LogP contribution in [0.2, 0.25) is 0 Å². The van der Waals surface area contributed by atoms with Gasteiger partial charge in [-0.25, -0.2) is 0 Å². The minimum absolute atomic E-state index is 0.0505. The molecule has 1 aromatic carbocycles. The van der Waals surface area contributed by atoms with Crippen molar-refractivity contribution in [1.82, 2.24) is 0 Å². The van der Waals surface area contributed by atoms with Crippen LogP contribution in [0, 0.1) is 6.92 Å². The van der Waals surface area contributed by atoms with Gasteiger partial charge in [-0.1, -0.05) is 0 Å².